The summed E-state index contributed by atoms with van der Waals surface area (Å²) in [5.41, 5.74) is 5.40. The van der Waals surface area contributed by atoms with E-state index < -0.39 is 0 Å². The molecular formula is C15H24N2O2. The Morgan fingerprint density at radius 2 is 1.89 bits per heavy atom. The van der Waals surface area contributed by atoms with Crippen LogP contribution in [0.1, 0.15) is 32.1 Å². The molecule has 0 radical (unpaired) electrons. The van der Waals surface area contributed by atoms with Crippen LogP contribution in [0.15, 0.2) is 30.3 Å². The number of unbranched alkanes of at least 4 members (excludes halogenated alkanes) is 2. The number of benzene rings is 1. The Morgan fingerprint density at radius 1 is 1.11 bits per heavy atom. The van der Waals surface area contributed by atoms with Crippen LogP contribution in [0.3, 0.4) is 0 Å². The molecule has 1 rings (SSSR count). The summed E-state index contributed by atoms with van der Waals surface area (Å²) in [6, 6.07) is 9.65. The van der Waals surface area contributed by atoms with Gasteiger partial charge in [0.25, 0.3) is 0 Å². The van der Waals surface area contributed by atoms with Crippen LogP contribution in [0.4, 0.5) is 0 Å². The molecule has 0 saturated heterocycles. The summed E-state index contributed by atoms with van der Waals surface area (Å²) < 4.78 is 5.52. The zero-order valence-corrected chi connectivity index (χ0v) is 11.4. The van der Waals surface area contributed by atoms with Gasteiger partial charge in [0.15, 0.2) is 0 Å². The molecule has 1 aromatic carbocycles. The third-order valence-corrected chi connectivity index (χ3v) is 2.76. The molecule has 0 spiro atoms. The summed E-state index contributed by atoms with van der Waals surface area (Å²) in [7, 11) is 0. The van der Waals surface area contributed by atoms with Gasteiger partial charge in [0, 0.05) is 13.0 Å². The van der Waals surface area contributed by atoms with Crippen molar-refractivity contribution in [2.45, 2.75) is 32.1 Å². The number of ether oxygens (including phenoxy) is 1. The molecule has 106 valence electrons. The lowest BCUT2D eigenvalue weighted by atomic mass is 10.2. The van der Waals surface area contributed by atoms with E-state index in [4.69, 9.17) is 10.5 Å². The van der Waals surface area contributed by atoms with Crippen LogP contribution in [0.2, 0.25) is 0 Å². The lowest BCUT2D eigenvalue weighted by molar-refractivity contribution is -0.121. The molecule has 4 nitrogen and oxygen atoms in total. The van der Waals surface area contributed by atoms with Crippen molar-refractivity contribution < 1.29 is 9.53 Å². The molecule has 0 aliphatic rings. The third-order valence-electron chi connectivity index (χ3n) is 2.76. The van der Waals surface area contributed by atoms with Crippen LogP contribution in [0.25, 0.3) is 0 Å². The Labute approximate surface area is 115 Å². The Hall–Kier alpha value is -1.55. The molecule has 4 heteroatoms. The van der Waals surface area contributed by atoms with E-state index in [0.717, 1.165) is 44.5 Å². The second-order valence-corrected chi connectivity index (χ2v) is 4.46. The van der Waals surface area contributed by atoms with Gasteiger partial charge in [0.1, 0.15) is 5.75 Å². The Morgan fingerprint density at radius 3 is 2.63 bits per heavy atom. The largest absolute Gasteiger partial charge is 0.494 e. The van der Waals surface area contributed by atoms with Gasteiger partial charge in [0.05, 0.1) is 6.61 Å². The number of hydrogen-bond donors (Lipinski definition) is 2. The van der Waals surface area contributed by atoms with E-state index in [9.17, 15) is 4.79 Å². The van der Waals surface area contributed by atoms with Crippen molar-refractivity contribution in [3.8, 4) is 5.75 Å². The number of carbonyl (C=O) groups excluding carboxylic acids is 1. The Kier molecular flexibility index (Phi) is 8.47. The molecule has 19 heavy (non-hydrogen) atoms. The van der Waals surface area contributed by atoms with Gasteiger partial charge in [-0.3, -0.25) is 4.79 Å². The lowest BCUT2D eigenvalue weighted by Crippen LogP contribution is -2.24. The number of rotatable bonds is 10. The smallest absolute Gasteiger partial charge is 0.220 e. The molecule has 0 heterocycles. The van der Waals surface area contributed by atoms with E-state index in [2.05, 4.69) is 5.32 Å². The topological polar surface area (TPSA) is 64.3 Å². The van der Waals surface area contributed by atoms with Crippen LogP contribution < -0.4 is 15.8 Å². The van der Waals surface area contributed by atoms with E-state index in [1.54, 1.807) is 0 Å². The van der Waals surface area contributed by atoms with E-state index in [-0.39, 0.29) is 5.91 Å². The number of para-hydroxylation sites is 1. The molecule has 0 bridgehead atoms. The van der Waals surface area contributed by atoms with Crippen LogP contribution >= 0.6 is 0 Å². The minimum absolute atomic E-state index is 0.101. The summed E-state index contributed by atoms with van der Waals surface area (Å²) in [4.78, 5) is 11.5. The summed E-state index contributed by atoms with van der Waals surface area (Å²) in [6.07, 6.45) is 4.37. The number of nitrogens with one attached hydrogen (secondary N) is 1. The van der Waals surface area contributed by atoms with Crippen molar-refractivity contribution in [2.24, 2.45) is 5.73 Å². The van der Waals surface area contributed by atoms with Gasteiger partial charge in [-0.25, -0.2) is 0 Å². The molecule has 1 amide bonds. The SMILES string of the molecule is NCCCCCNC(=O)CCCOc1ccccc1. The molecular weight excluding hydrogens is 240 g/mol. The van der Waals surface area contributed by atoms with Crippen LogP contribution in [0, 0.1) is 0 Å². The first-order chi connectivity index (χ1) is 9.33. The third kappa shape index (κ3) is 8.21. The average Bonchev–Trinajstić information content (AvgIpc) is 2.44. The highest BCUT2D eigenvalue weighted by Crippen LogP contribution is 2.08. The maximum absolute atomic E-state index is 11.5. The van der Waals surface area contributed by atoms with E-state index in [0.29, 0.717) is 13.0 Å². The van der Waals surface area contributed by atoms with Crippen LogP contribution in [-0.2, 0) is 4.79 Å². The van der Waals surface area contributed by atoms with Gasteiger partial charge in [0.2, 0.25) is 5.91 Å². The molecule has 0 atom stereocenters. The van der Waals surface area contributed by atoms with E-state index in [1.807, 2.05) is 30.3 Å². The predicted octanol–water partition coefficient (Wildman–Crippen LogP) is 2.09. The first-order valence-corrected chi connectivity index (χ1v) is 6.97. The highest BCUT2D eigenvalue weighted by molar-refractivity contribution is 5.75. The van der Waals surface area contributed by atoms with E-state index >= 15 is 0 Å². The number of amides is 1. The standard InChI is InChI=1S/C15H24N2O2/c16-11-5-2-6-12-17-15(18)10-7-13-19-14-8-3-1-4-9-14/h1,3-4,8-9H,2,5-7,10-13,16H2,(H,17,18). The molecule has 1 aromatic rings. The van der Waals surface area contributed by atoms with Gasteiger partial charge in [-0.1, -0.05) is 24.6 Å². The molecule has 3 N–H and O–H groups in total. The summed E-state index contributed by atoms with van der Waals surface area (Å²) in [6.45, 7) is 2.05. The van der Waals surface area contributed by atoms with Crippen molar-refractivity contribution in [3.63, 3.8) is 0 Å². The van der Waals surface area contributed by atoms with Crippen molar-refractivity contribution in [3.05, 3.63) is 30.3 Å². The monoisotopic (exact) mass is 264 g/mol. The first kappa shape index (κ1) is 15.5. The zero-order valence-electron chi connectivity index (χ0n) is 11.4. The molecule has 0 fully saturated rings. The number of hydrogen-bond acceptors (Lipinski definition) is 3. The first-order valence-electron chi connectivity index (χ1n) is 6.97. The van der Waals surface area contributed by atoms with Gasteiger partial charge in [-0.05, 0) is 37.9 Å². The highest BCUT2D eigenvalue weighted by atomic mass is 16.5. The van der Waals surface area contributed by atoms with Crippen molar-refractivity contribution in [1.82, 2.24) is 5.32 Å². The lowest BCUT2D eigenvalue weighted by Gasteiger charge is -2.06. The molecule has 0 aliphatic carbocycles. The van der Waals surface area contributed by atoms with Crippen LogP contribution in [-0.4, -0.2) is 25.6 Å². The minimum atomic E-state index is 0.101. The number of nitrogens with two attached hydrogens (primary N) is 1. The fourth-order valence-corrected chi connectivity index (χ4v) is 1.70. The van der Waals surface area contributed by atoms with Crippen molar-refractivity contribution in [1.29, 1.82) is 0 Å². The molecule has 0 aliphatic heterocycles. The van der Waals surface area contributed by atoms with Gasteiger partial charge in [-0.15, -0.1) is 0 Å². The highest BCUT2D eigenvalue weighted by Gasteiger charge is 2.00. The summed E-state index contributed by atoms with van der Waals surface area (Å²) in [5, 5.41) is 2.90. The fraction of sp³-hybridized carbons (Fsp3) is 0.533. The maximum Gasteiger partial charge on any atom is 0.220 e. The van der Waals surface area contributed by atoms with E-state index in [1.165, 1.54) is 0 Å². The van der Waals surface area contributed by atoms with Crippen molar-refractivity contribution in [2.75, 3.05) is 19.7 Å². The fourth-order valence-electron chi connectivity index (χ4n) is 1.70. The molecule has 0 unspecified atom stereocenters. The average molecular weight is 264 g/mol. The second kappa shape index (κ2) is 10.4. The summed E-state index contributed by atoms with van der Waals surface area (Å²) in [5.74, 6) is 0.953. The van der Waals surface area contributed by atoms with Gasteiger partial charge < -0.3 is 15.8 Å². The molecule has 0 saturated carbocycles. The number of carbonyl (C=O) groups is 1. The Balaban J connectivity index is 1.95. The second-order valence-electron chi connectivity index (χ2n) is 4.46. The Bertz CT molecular complexity index is 341. The van der Waals surface area contributed by atoms with Gasteiger partial charge in [-0.2, -0.15) is 0 Å². The maximum atomic E-state index is 11.5. The normalized spacial score (nSPS) is 10.2. The van der Waals surface area contributed by atoms with Gasteiger partial charge >= 0.3 is 0 Å². The van der Waals surface area contributed by atoms with Crippen molar-refractivity contribution >= 4 is 5.91 Å². The predicted molar refractivity (Wildman–Crippen MR) is 77.1 cm³/mol. The molecule has 0 aromatic heterocycles. The quantitative estimate of drug-likeness (QED) is 0.636. The van der Waals surface area contributed by atoms with Crippen LogP contribution in [0.5, 0.6) is 5.75 Å². The summed E-state index contributed by atoms with van der Waals surface area (Å²) >= 11 is 0. The minimum Gasteiger partial charge on any atom is -0.494 e. The zero-order chi connectivity index (χ0) is 13.8.